The third-order valence-corrected chi connectivity index (χ3v) is 6.74. The number of carbonyl (C=O) groups excluding carboxylic acids is 1. The summed E-state index contributed by atoms with van der Waals surface area (Å²) in [6.07, 6.45) is -2.40. The molecule has 218 valence electrons. The Morgan fingerprint density at radius 2 is 1.70 bits per heavy atom. The van der Waals surface area contributed by atoms with E-state index in [1.807, 2.05) is 0 Å². The smallest absolute Gasteiger partial charge is 0.417 e. The third kappa shape index (κ3) is 5.94. The number of amides is 1. The van der Waals surface area contributed by atoms with Crippen LogP contribution in [-0.4, -0.2) is 43.6 Å². The maximum atomic E-state index is 14.2. The zero-order chi connectivity index (χ0) is 30.7. The zero-order valence-corrected chi connectivity index (χ0v) is 22.3. The Morgan fingerprint density at radius 3 is 2.37 bits per heavy atom. The molecule has 9 nitrogen and oxygen atoms in total. The van der Waals surface area contributed by atoms with E-state index in [1.165, 1.54) is 30.6 Å². The van der Waals surface area contributed by atoms with Crippen molar-refractivity contribution in [1.82, 2.24) is 20.3 Å². The molecule has 0 spiro atoms. The summed E-state index contributed by atoms with van der Waals surface area (Å²) in [7, 11) is 0. The van der Waals surface area contributed by atoms with E-state index in [9.17, 15) is 32.7 Å². The number of carbonyl (C=O) groups is 2. The molecule has 0 aliphatic carbocycles. The lowest BCUT2D eigenvalue weighted by Gasteiger charge is -2.20. The number of carboxylic acid groups (broad SMARTS) is 1. The van der Waals surface area contributed by atoms with E-state index in [0.29, 0.717) is 11.1 Å². The van der Waals surface area contributed by atoms with Crippen LogP contribution in [0.1, 0.15) is 33.6 Å². The number of pyridine rings is 3. The van der Waals surface area contributed by atoms with E-state index in [1.54, 1.807) is 42.5 Å². The van der Waals surface area contributed by atoms with E-state index < -0.39 is 52.6 Å². The molecular weight excluding hydrogens is 565 g/mol. The fourth-order valence-corrected chi connectivity index (χ4v) is 4.88. The van der Waals surface area contributed by atoms with Crippen LogP contribution < -0.4 is 10.9 Å². The Labute approximate surface area is 241 Å². The lowest BCUT2D eigenvalue weighted by molar-refractivity contribution is -0.137. The van der Waals surface area contributed by atoms with Crippen LogP contribution in [-0.2, 0) is 17.4 Å². The number of aromatic nitrogens is 3. The molecule has 2 aromatic carbocycles. The Kier molecular flexibility index (Phi) is 7.93. The number of nitrogens with one attached hydrogen (secondary N) is 2. The minimum Gasteiger partial charge on any atom is -0.505 e. The minimum absolute atomic E-state index is 0.0169. The average Bonchev–Trinajstić information content (AvgIpc) is 2.97. The first-order valence-electron chi connectivity index (χ1n) is 13.0. The second-order valence-electron chi connectivity index (χ2n) is 9.56. The van der Waals surface area contributed by atoms with Gasteiger partial charge in [0.2, 0.25) is 0 Å². The number of alkyl halides is 3. The summed E-state index contributed by atoms with van der Waals surface area (Å²) in [4.78, 5) is 48.9. The highest BCUT2D eigenvalue weighted by Gasteiger charge is 2.35. The number of nitrogens with zero attached hydrogens (tertiary/aromatic N) is 2. The van der Waals surface area contributed by atoms with Gasteiger partial charge in [0, 0.05) is 29.9 Å². The van der Waals surface area contributed by atoms with Crippen LogP contribution in [0.5, 0.6) is 5.75 Å². The van der Waals surface area contributed by atoms with Crippen LogP contribution >= 0.6 is 0 Å². The van der Waals surface area contributed by atoms with Crippen LogP contribution in [0.2, 0.25) is 0 Å². The van der Waals surface area contributed by atoms with Gasteiger partial charge in [-0.15, -0.1) is 0 Å². The Hall–Kier alpha value is -5.52. The Morgan fingerprint density at radius 1 is 0.977 bits per heavy atom. The van der Waals surface area contributed by atoms with Crippen molar-refractivity contribution in [1.29, 1.82) is 0 Å². The molecule has 0 saturated carbocycles. The summed E-state index contributed by atoms with van der Waals surface area (Å²) in [5, 5.41) is 22.8. The van der Waals surface area contributed by atoms with Crippen LogP contribution in [0.25, 0.3) is 33.3 Å². The number of aromatic amines is 1. The van der Waals surface area contributed by atoms with Crippen molar-refractivity contribution in [3.63, 3.8) is 0 Å². The molecule has 4 N–H and O–H groups in total. The number of hydrogen-bond donors (Lipinski definition) is 4. The molecule has 0 fully saturated rings. The van der Waals surface area contributed by atoms with E-state index in [4.69, 9.17) is 5.11 Å². The van der Waals surface area contributed by atoms with Crippen molar-refractivity contribution in [3.05, 3.63) is 112 Å². The summed E-state index contributed by atoms with van der Waals surface area (Å²) in [5.74, 6) is -2.77. The summed E-state index contributed by atoms with van der Waals surface area (Å²) < 4.78 is 42.5. The number of H-pyrrole nitrogens is 1. The topological polar surface area (TPSA) is 145 Å². The van der Waals surface area contributed by atoms with Crippen molar-refractivity contribution in [3.8, 4) is 28.1 Å². The number of carboxylic acids is 1. The standard InChI is InChI=1S/C31H23F3N4O5/c32-31(33,34)21-11-5-4-10-19(21)23-20(15-17-7-2-1-3-8-17)24-26(38-29(23)42)25(18-9-6-13-35-16-18)37-27(28(24)41)30(43)36-14-12-22(39)40/h1-11,13,16,41H,12,14-15H2,(H,36,43)(H,38,42)(H,39,40). The summed E-state index contributed by atoms with van der Waals surface area (Å²) in [6.45, 7) is -0.276. The number of hydrogen-bond acceptors (Lipinski definition) is 6. The second kappa shape index (κ2) is 11.8. The van der Waals surface area contributed by atoms with Gasteiger partial charge in [-0.2, -0.15) is 13.2 Å². The fraction of sp³-hybridized carbons (Fsp3) is 0.129. The molecular formula is C31H23F3N4O5. The number of halogens is 3. The van der Waals surface area contributed by atoms with Crippen molar-refractivity contribution >= 4 is 22.8 Å². The zero-order valence-electron chi connectivity index (χ0n) is 22.3. The predicted octanol–water partition coefficient (Wildman–Crippen LogP) is 5.17. The molecule has 12 heteroatoms. The largest absolute Gasteiger partial charge is 0.505 e. The van der Waals surface area contributed by atoms with Gasteiger partial charge in [-0.1, -0.05) is 48.5 Å². The predicted molar refractivity (Wildman–Crippen MR) is 152 cm³/mol. The summed E-state index contributed by atoms with van der Waals surface area (Å²) in [6, 6.07) is 16.4. The first-order valence-corrected chi connectivity index (χ1v) is 13.0. The van der Waals surface area contributed by atoms with E-state index >= 15 is 0 Å². The van der Waals surface area contributed by atoms with Crippen LogP contribution in [0, 0.1) is 0 Å². The van der Waals surface area contributed by atoms with E-state index in [0.717, 1.165) is 6.07 Å². The maximum absolute atomic E-state index is 14.2. The van der Waals surface area contributed by atoms with Gasteiger partial charge >= 0.3 is 12.1 Å². The van der Waals surface area contributed by atoms with Gasteiger partial charge in [-0.3, -0.25) is 19.4 Å². The average molecular weight is 589 g/mol. The van der Waals surface area contributed by atoms with Crippen molar-refractivity contribution in [2.45, 2.75) is 19.0 Å². The van der Waals surface area contributed by atoms with Crippen LogP contribution in [0.15, 0.2) is 83.9 Å². The molecule has 43 heavy (non-hydrogen) atoms. The molecule has 0 saturated heterocycles. The van der Waals surface area contributed by atoms with E-state index in [2.05, 4.69) is 20.3 Å². The van der Waals surface area contributed by atoms with Gasteiger partial charge in [-0.25, -0.2) is 4.98 Å². The number of benzene rings is 2. The molecule has 0 aliphatic rings. The van der Waals surface area contributed by atoms with Gasteiger partial charge < -0.3 is 20.5 Å². The monoisotopic (exact) mass is 588 g/mol. The minimum atomic E-state index is -4.81. The first kappa shape index (κ1) is 29.0. The number of aliphatic carboxylic acids is 1. The highest BCUT2D eigenvalue weighted by molar-refractivity contribution is 6.07. The number of fused-ring (bicyclic) bond motifs is 1. The molecule has 3 aromatic heterocycles. The normalized spacial score (nSPS) is 11.4. The number of aromatic hydroxyl groups is 1. The first-order chi connectivity index (χ1) is 20.6. The Balaban J connectivity index is 1.90. The van der Waals surface area contributed by atoms with Crippen LogP contribution in [0.3, 0.4) is 0 Å². The van der Waals surface area contributed by atoms with Crippen LogP contribution in [0.4, 0.5) is 13.2 Å². The molecule has 0 atom stereocenters. The molecule has 5 aromatic rings. The van der Waals surface area contributed by atoms with Gasteiger partial charge in [0.05, 0.1) is 28.8 Å². The SMILES string of the molecule is O=C(O)CCNC(=O)c1nc(-c2cccnc2)c2[nH]c(=O)c(-c3ccccc3C(F)(F)F)c(Cc3ccccc3)c2c1O. The molecule has 3 heterocycles. The number of rotatable bonds is 8. The fourth-order valence-electron chi connectivity index (χ4n) is 4.88. The highest BCUT2D eigenvalue weighted by Crippen LogP contribution is 2.42. The molecule has 5 rings (SSSR count). The quantitative estimate of drug-likeness (QED) is 0.196. The molecule has 0 unspecified atom stereocenters. The molecule has 0 bridgehead atoms. The van der Waals surface area contributed by atoms with E-state index in [-0.39, 0.29) is 40.7 Å². The second-order valence-corrected chi connectivity index (χ2v) is 9.56. The molecule has 0 radical (unpaired) electrons. The highest BCUT2D eigenvalue weighted by atomic mass is 19.4. The lowest BCUT2D eigenvalue weighted by Crippen LogP contribution is -2.27. The van der Waals surface area contributed by atoms with Gasteiger partial charge in [0.15, 0.2) is 11.4 Å². The maximum Gasteiger partial charge on any atom is 0.417 e. The van der Waals surface area contributed by atoms with Gasteiger partial charge in [0.25, 0.3) is 11.5 Å². The lowest BCUT2D eigenvalue weighted by atomic mass is 9.89. The van der Waals surface area contributed by atoms with Gasteiger partial charge in [-0.05, 0) is 41.3 Å². The summed E-state index contributed by atoms with van der Waals surface area (Å²) >= 11 is 0. The Bertz CT molecular complexity index is 1890. The molecule has 0 aliphatic heterocycles. The van der Waals surface area contributed by atoms with Gasteiger partial charge in [0.1, 0.15) is 0 Å². The van der Waals surface area contributed by atoms with Crippen molar-refractivity contribution < 1.29 is 33.0 Å². The van der Waals surface area contributed by atoms with Crippen molar-refractivity contribution in [2.75, 3.05) is 6.54 Å². The van der Waals surface area contributed by atoms with Crippen molar-refractivity contribution in [2.24, 2.45) is 0 Å². The third-order valence-electron chi connectivity index (χ3n) is 6.74. The summed E-state index contributed by atoms with van der Waals surface area (Å²) in [5.41, 5.74) is -2.15. The molecule has 1 amide bonds.